The summed E-state index contributed by atoms with van der Waals surface area (Å²) in [7, 11) is 0. The Hall–Kier alpha value is -2.10. The molecule has 2 amide bonds. The summed E-state index contributed by atoms with van der Waals surface area (Å²) in [6, 6.07) is 10.6. The molecular formula is C28H38N2O2. The first-order valence-corrected chi connectivity index (χ1v) is 12.5. The molecule has 32 heavy (non-hydrogen) atoms. The van der Waals surface area contributed by atoms with Crippen molar-refractivity contribution in [2.45, 2.75) is 77.8 Å². The van der Waals surface area contributed by atoms with Crippen molar-refractivity contribution in [2.24, 2.45) is 34.5 Å². The van der Waals surface area contributed by atoms with E-state index in [1.165, 1.54) is 6.42 Å². The van der Waals surface area contributed by atoms with Crippen LogP contribution >= 0.6 is 0 Å². The van der Waals surface area contributed by atoms with Gasteiger partial charge in [-0.1, -0.05) is 50.3 Å². The summed E-state index contributed by atoms with van der Waals surface area (Å²) in [5.41, 5.74) is 0.895. The molecule has 7 unspecified atom stereocenters. The first kappa shape index (κ1) is 21.7. The highest BCUT2D eigenvalue weighted by Crippen LogP contribution is 2.65. The van der Waals surface area contributed by atoms with Crippen LogP contribution in [-0.2, 0) is 15.1 Å². The third-order valence-corrected chi connectivity index (χ3v) is 9.93. The van der Waals surface area contributed by atoms with Gasteiger partial charge in [-0.05, 0) is 87.2 Å². The first-order chi connectivity index (χ1) is 15.1. The maximum atomic E-state index is 13.6. The highest BCUT2D eigenvalue weighted by molar-refractivity contribution is 5.89. The fraction of sp³-hybridized carbons (Fsp3) is 0.643. The topological polar surface area (TPSA) is 58.2 Å². The van der Waals surface area contributed by atoms with Crippen molar-refractivity contribution < 1.29 is 9.59 Å². The van der Waals surface area contributed by atoms with Crippen molar-refractivity contribution in [3.63, 3.8) is 0 Å². The molecule has 7 atom stereocenters. The number of nitrogens with one attached hydrogen (secondary N) is 2. The Morgan fingerprint density at radius 3 is 2.53 bits per heavy atom. The van der Waals surface area contributed by atoms with Crippen molar-refractivity contribution >= 4 is 11.8 Å². The van der Waals surface area contributed by atoms with E-state index >= 15 is 0 Å². The Balaban J connectivity index is 1.36. The van der Waals surface area contributed by atoms with E-state index in [0.717, 1.165) is 37.7 Å². The lowest BCUT2D eigenvalue weighted by atomic mass is 9.48. The predicted octanol–water partition coefficient (Wildman–Crippen LogP) is 4.95. The third kappa shape index (κ3) is 3.24. The van der Waals surface area contributed by atoms with Crippen molar-refractivity contribution in [1.29, 1.82) is 0 Å². The minimum Gasteiger partial charge on any atom is -0.349 e. The van der Waals surface area contributed by atoms with Gasteiger partial charge in [0.1, 0.15) is 0 Å². The van der Waals surface area contributed by atoms with Gasteiger partial charge in [0.25, 0.3) is 0 Å². The second-order valence-corrected chi connectivity index (χ2v) is 11.9. The molecule has 1 aromatic rings. The number of benzene rings is 1. The van der Waals surface area contributed by atoms with E-state index in [0.29, 0.717) is 17.8 Å². The lowest BCUT2D eigenvalue weighted by Gasteiger charge is -2.58. The van der Waals surface area contributed by atoms with Crippen LogP contribution in [0.1, 0.15) is 71.8 Å². The molecule has 4 heteroatoms. The zero-order chi connectivity index (χ0) is 22.7. The minimum atomic E-state index is -0.374. The van der Waals surface area contributed by atoms with Crippen LogP contribution in [0.15, 0.2) is 42.5 Å². The summed E-state index contributed by atoms with van der Waals surface area (Å²) < 4.78 is 0. The van der Waals surface area contributed by atoms with Gasteiger partial charge in [-0.15, -0.1) is 0 Å². The molecule has 3 saturated carbocycles. The second kappa shape index (κ2) is 7.46. The van der Waals surface area contributed by atoms with Crippen molar-refractivity contribution in [3.8, 4) is 0 Å². The predicted molar refractivity (Wildman–Crippen MR) is 127 cm³/mol. The maximum absolute atomic E-state index is 13.6. The number of carbonyl (C=O) groups is 2. The molecule has 3 aliphatic carbocycles. The molecule has 4 aliphatic rings. The largest absolute Gasteiger partial charge is 0.349 e. The quantitative estimate of drug-likeness (QED) is 0.707. The average Bonchev–Trinajstić information content (AvgIpc) is 3.12. The lowest BCUT2D eigenvalue weighted by molar-refractivity contribution is -0.135. The monoisotopic (exact) mass is 434 g/mol. The maximum Gasteiger partial charge on any atom is 0.243 e. The van der Waals surface area contributed by atoms with Crippen LogP contribution in [0.3, 0.4) is 0 Å². The molecule has 0 aromatic heterocycles. The summed E-state index contributed by atoms with van der Waals surface area (Å²) in [6.07, 6.45) is 10.6. The van der Waals surface area contributed by atoms with E-state index in [1.807, 2.05) is 18.2 Å². The summed E-state index contributed by atoms with van der Waals surface area (Å²) in [5, 5.41) is 6.64. The van der Waals surface area contributed by atoms with Gasteiger partial charge in [0.2, 0.25) is 11.8 Å². The molecule has 1 aliphatic heterocycles. The molecule has 5 rings (SSSR count). The molecule has 0 radical (unpaired) electrons. The van der Waals surface area contributed by atoms with Gasteiger partial charge in [-0.2, -0.15) is 0 Å². The number of carbonyl (C=O) groups excluding carboxylic acids is 2. The Kier molecular flexibility index (Phi) is 5.07. The van der Waals surface area contributed by atoms with Crippen LogP contribution in [0, 0.1) is 34.5 Å². The average molecular weight is 435 g/mol. The zero-order valence-electron chi connectivity index (χ0n) is 20.0. The molecule has 0 spiro atoms. The molecule has 2 N–H and O–H groups in total. The van der Waals surface area contributed by atoms with E-state index in [2.05, 4.69) is 56.5 Å². The number of rotatable bonds is 3. The van der Waals surface area contributed by atoms with Gasteiger partial charge >= 0.3 is 0 Å². The molecule has 4 nitrogen and oxygen atoms in total. The summed E-state index contributed by atoms with van der Waals surface area (Å²) >= 11 is 0. The molecule has 0 saturated heterocycles. The normalized spacial score (nSPS) is 40.6. The van der Waals surface area contributed by atoms with Gasteiger partial charge in [0.05, 0.1) is 5.54 Å². The molecule has 3 fully saturated rings. The van der Waals surface area contributed by atoms with Gasteiger partial charge in [0, 0.05) is 17.4 Å². The smallest absolute Gasteiger partial charge is 0.243 e. The SMILES string of the molecule is CC(C)(NC(=O)C1CCC2C3CCC4NC(=O)C=CC4(C)C3CCC12C)c1ccccc1. The summed E-state index contributed by atoms with van der Waals surface area (Å²) in [5.74, 6) is 2.22. The number of hydrogen-bond acceptors (Lipinski definition) is 2. The highest BCUT2D eigenvalue weighted by Gasteiger charge is 2.61. The fourth-order valence-electron chi connectivity index (χ4n) is 8.09. The number of hydrogen-bond donors (Lipinski definition) is 2. The van der Waals surface area contributed by atoms with Gasteiger partial charge < -0.3 is 10.6 Å². The third-order valence-electron chi connectivity index (χ3n) is 9.93. The van der Waals surface area contributed by atoms with E-state index in [-0.39, 0.29) is 40.1 Å². The number of amides is 2. The lowest BCUT2D eigenvalue weighted by Crippen LogP contribution is -2.59. The minimum absolute atomic E-state index is 0.0494. The van der Waals surface area contributed by atoms with Crippen LogP contribution in [0.25, 0.3) is 0 Å². The second-order valence-electron chi connectivity index (χ2n) is 11.9. The Morgan fingerprint density at radius 2 is 1.78 bits per heavy atom. The van der Waals surface area contributed by atoms with Crippen LogP contribution in [0.4, 0.5) is 0 Å². The Morgan fingerprint density at radius 1 is 1.03 bits per heavy atom. The molecule has 0 bridgehead atoms. The van der Waals surface area contributed by atoms with Crippen LogP contribution in [0.2, 0.25) is 0 Å². The fourth-order valence-corrected chi connectivity index (χ4v) is 8.09. The van der Waals surface area contributed by atoms with Crippen LogP contribution in [0.5, 0.6) is 0 Å². The Bertz CT molecular complexity index is 938. The van der Waals surface area contributed by atoms with Crippen molar-refractivity contribution in [1.82, 2.24) is 10.6 Å². The molecule has 172 valence electrons. The zero-order valence-corrected chi connectivity index (χ0v) is 20.0. The molecule has 1 aromatic carbocycles. The van der Waals surface area contributed by atoms with E-state index in [9.17, 15) is 9.59 Å². The van der Waals surface area contributed by atoms with E-state index in [4.69, 9.17) is 0 Å². The molecule has 1 heterocycles. The highest BCUT2D eigenvalue weighted by atomic mass is 16.2. The van der Waals surface area contributed by atoms with Gasteiger partial charge in [0.15, 0.2) is 0 Å². The van der Waals surface area contributed by atoms with Gasteiger partial charge in [-0.25, -0.2) is 0 Å². The van der Waals surface area contributed by atoms with Crippen LogP contribution in [-0.4, -0.2) is 17.9 Å². The van der Waals surface area contributed by atoms with Gasteiger partial charge in [-0.3, -0.25) is 9.59 Å². The summed E-state index contributed by atoms with van der Waals surface area (Å²) in [4.78, 5) is 25.6. The van der Waals surface area contributed by atoms with Crippen molar-refractivity contribution in [2.75, 3.05) is 0 Å². The van der Waals surface area contributed by atoms with E-state index < -0.39 is 0 Å². The Labute approximate surface area is 192 Å². The number of fused-ring (bicyclic) bond motifs is 5. The summed E-state index contributed by atoms with van der Waals surface area (Å²) in [6.45, 7) is 8.97. The van der Waals surface area contributed by atoms with E-state index in [1.54, 1.807) is 6.08 Å². The first-order valence-electron chi connectivity index (χ1n) is 12.5. The van der Waals surface area contributed by atoms with Crippen LogP contribution < -0.4 is 10.6 Å². The van der Waals surface area contributed by atoms with Crippen molar-refractivity contribution in [3.05, 3.63) is 48.0 Å². The molecular weight excluding hydrogens is 396 g/mol. The standard InChI is InChI=1S/C28H38N2O2/c1-26(2,18-8-6-5-7-9-18)30-25(32)22-12-11-20-19-10-13-23-28(4,17-15-24(31)29-23)21(19)14-16-27(20,22)3/h5-9,15,17,19-23H,10-14,16H2,1-4H3,(H,29,31)(H,30,32).